The Balaban J connectivity index is 2.09. The molecule has 1 fully saturated rings. The van der Waals surface area contributed by atoms with Crippen LogP contribution in [0.5, 0.6) is 0 Å². The Kier molecular flexibility index (Phi) is 5.47. The summed E-state index contributed by atoms with van der Waals surface area (Å²) in [6.07, 6.45) is 0.0505. The molecule has 1 N–H and O–H groups in total. The van der Waals surface area contributed by atoms with Gasteiger partial charge in [-0.15, -0.1) is 0 Å². The van der Waals surface area contributed by atoms with Gasteiger partial charge in [-0.2, -0.15) is 0 Å². The van der Waals surface area contributed by atoms with E-state index in [9.17, 15) is 18.7 Å². The number of halogens is 2. The highest BCUT2D eigenvalue weighted by atomic mass is 19.1. The van der Waals surface area contributed by atoms with Crippen LogP contribution in [0.3, 0.4) is 0 Å². The lowest BCUT2D eigenvalue weighted by atomic mass is 10.0. The van der Waals surface area contributed by atoms with Gasteiger partial charge >= 0.3 is 0 Å². The van der Waals surface area contributed by atoms with Gasteiger partial charge in [0.15, 0.2) is 0 Å². The van der Waals surface area contributed by atoms with Gasteiger partial charge in [0.1, 0.15) is 11.6 Å². The van der Waals surface area contributed by atoms with Gasteiger partial charge in [-0.1, -0.05) is 0 Å². The maximum absolute atomic E-state index is 14.0. The maximum Gasteiger partial charge on any atom is 0.223 e. The van der Waals surface area contributed by atoms with E-state index in [0.29, 0.717) is 32.5 Å². The molecule has 1 aromatic carbocycles. The molecule has 2 rings (SSSR count). The number of amides is 1. The average Bonchev–Trinajstić information content (AvgIpc) is 2.87. The fourth-order valence-electron chi connectivity index (χ4n) is 2.83. The van der Waals surface area contributed by atoms with E-state index in [4.69, 9.17) is 0 Å². The summed E-state index contributed by atoms with van der Waals surface area (Å²) >= 11 is 0. The van der Waals surface area contributed by atoms with E-state index in [2.05, 4.69) is 0 Å². The normalized spacial score (nSPS) is 22.0. The van der Waals surface area contributed by atoms with Gasteiger partial charge in [0.25, 0.3) is 0 Å². The number of carbonyl (C=O) groups excluding carboxylic acids is 1. The Morgan fingerprint density at radius 3 is 2.86 bits per heavy atom. The van der Waals surface area contributed by atoms with Crippen LogP contribution >= 0.6 is 0 Å². The fraction of sp³-hybridized carbons (Fsp3) is 0.562. The number of β-amino-alcohol motifs (C(OH)–C–C–N with tert-alkyl or cyclic N) is 1. The first-order chi connectivity index (χ1) is 10.4. The third-order valence-electron chi connectivity index (χ3n) is 4.21. The van der Waals surface area contributed by atoms with Crippen LogP contribution in [0.1, 0.15) is 31.4 Å². The molecule has 1 aliphatic heterocycles. The van der Waals surface area contributed by atoms with E-state index in [1.165, 1.54) is 6.07 Å². The first-order valence-corrected chi connectivity index (χ1v) is 7.53. The number of carbonyl (C=O) groups is 1. The molecule has 1 aromatic rings. The van der Waals surface area contributed by atoms with Crippen LogP contribution in [0.25, 0.3) is 0 Å². The Hall–Kier alpha value is -1.53. The molecule has 6 heteroatoms. The van der Waals surface area contributed by atoms with Crippen LogP contribution in [-0.2, 0) is 4.79 Å². The summed E-state index contributed by atoms with van der Waals surface area (Å²) in [4.78, 5) is 15.3. The number of likely N-dealkylation sites (tertiary alicyclic amines) is 1. The van der Waals surface area contributed by atoms with E-state index in [0.717, 1.165) is 12.1 Å². The molecule has 0 unspecified atom stereocenters. The maximum atomic E-state index is 14.0. The number of benzene rings is 1. The molecule has 0 aromatic heterocycles. The highest BCUT2D eigenvalue weighted by molar-refractivity contribution is 5.76. The van der Waals surface area contributed by atoms with Crippen molar-refractivity contribution in [1.82, 2.24) is 9.80 Å². The molecule has 0 bridgehead atoms. The minimum Gasteiger partial charge on any atom is -0.392 e. The van der Waals surface area contributed by atoms with Crippen molar-refractivity contribution in [2.45, 2.75) is 31.9 Å². The van der Waals surface area contributed by atoms with E-state index in [1.54, 1.807) is 11.9 Å². The molecule has 122 valence electrons. The second-order valence-electron chi connectivity index (χ2n) is 5.72. The van der Waals surface area contributed by atoms with Crippen molar-refractivity contribution in [2.24, 2.45) is 0 Å². The monoisotopic (exact) mass is 312 g/mol. The minimum absolute atomic E-state index is 0.00218. The van der Waals surface area contributed by atoms with Crippen molar-refractivity contribution >= 4 is 5.91 Å². The zero-order valence-electron chi connectivity index (χ0n) is 12.9. The summed E-state index contributed by atoms with van der Waals surface area (Å²) in [5.74, 6) is -0.982. The molecule has 0 saturated carbocycles. The first kappa shape index (κ1) is 16.8. The lowest BCUT2D eigenvalue weighted by molar-refractivity contribution is -0.130. The van der Waals surface area contributed by atoms with Crippen molar-refractivity contribution in [3.05, 3.63) is 35.4 Å². The van der Waals surface area contributed by atoms with Crippen molar-refractivity contribution in [2.75, 3.05) is 26.7 Å². The standard InChI is InChI=1S/C16H22F2N2O2/c1-3-19(2)16(22)6-7-20-10-12(21)9-15(20)13-8-11(17)4-5-14(13)18/h4-5,8,12,15,21H,3,6-7,9-10H2,1-2H3/t12-,15-/m1/s1. The van der Waals surface area contributed by atoms with Crippen LogP contribution < -0.4 is 0 Å². The van der Waals surface area contributed by atoms with Gasteiger partial charge in [0.05, 0.1) is 6.10 Å². The molecule has 22 heavy (non-hydrogen) atoms. The highest BCUT2D eigenvalue weighted by Crippen LogP contribution is 2.34. The predicted molar refractivity (Wildman–Crippen MR) is 79.2 cm³/mol. The molecular formula is C16H22F2N2O2. The topological polar surface area (TPSA) is 43.8 Å². The van der Waals surface area contributed by atoms with Gasteiger partial charge < -0.3 is 10.0 Å². The fourth-order valence-corrected chi connectivity index (χ4v) is 2.83. The lowest BCUT2D eigenvalue weighted by Crippen LogP contribution is -2.32. The number of aliphatic hydroxyl groups excluding tert-OH is 1. The summed E-state index contributed by atoms with van der Waals surface area (Å²) in [5, 5.41) is 9.86. The van der Waals surface area contributed by atoms with Crippen molar-refractivity contribution < 1.29 is 18.7 Å². The SMILES string of the molecule is CCN(C)C(=O)CCN1C[C@H](O)C[C@@H]1c1cc(F)ccc1F. The number of nitrogens with zero attached hydrogens (tertiary/aromatic N) is 2. The predicted octanol–water partition coefficient (Wildman–Crippen LogP) is 1.94. The largest absolute Gasteiger partial charge is 0.392 e. The number of rotatable bonds is 5. The average molecular weight is 312 g/mol. The third-order valence-corrected chi connectivity index (χ3v) is 4.21. The summed E-state index contributed by atoms with van der Waals surface area (Å²) in [6, 6.07) is 2.95. The van der Waals surface area contributed by atoms with Gasteiger partial charge in [-0.3, -0.25) is 9.69 Å². The smallest absolute Gasteiger partial charge is 0.223 e. The number of hydrogen-bond acceptors (Lipinski definition) is 3. The van der Waals surface area contributed by atoms with Gasteiger partial charge in [-0.25, -0.2) is 8.78 Å². The zero-order chi connectivity index (χ0) is 16.3. The van der Waals surface area contributed by atoms with Crippen molar-refractivity contribution in [3.63, 3.8) is 0 Å². The Bertz CT molecular complexity index is 539. The molecule has 4 nitrogen and oxygen atoms in total. The van der Waals surface area contributed by atoms with Crippen molar-refractivity contribution in [1.29, 1.82) is 0 Å². The molecular weight excluding hydrogens is 290 g/mol. The molecule has 0 spiro atoms. The van der Waals surface area contributed by atoms with Gasteiger partial charge in [0, 0.05) is 44.7 Å². The van der Waals surface area contributed by atoms with Crippen LogP contribution in [0.15, 0.2) is 18.2 Å². The molecule has 0 radical (unpaired) electrons. The third kappa shape index (κ3) is 3.81. The molecule has 0 aliphatic carbocycles. The van der Waals surface area contributed by atoms with E-state index >= 15 is 0 Å². The second-order valence-corrected chi connectivity index (χ2v) is 5.72. The second kappa shape index (κ2) is 7.15. The van der Waals surface area contributed by atoms with E-state index in [-0.39, 0.29) is 11.5 Å². The quantitative estimate of drug-likeness (QED) is 0.904. The van der Waals surface area contributed by atoms with Gasteiger partial charge in [0.2, 0.25) is 5.91 Å². The molecule has 1 amide bonds. The molecule has 1 aliphatic rings. The number of aliphatic hydroxyl groups is 1. The lowest BCUT2D eigenvalue weighted by Gasteiger charge is -2.25. The summed E-state index contributed by atoms with van der Waals surface area (Å²) in [7, 11) is 1.73. The summed E-state index contributed by atoms with van der Waals surface area (Å²) in [5.41, 5.74) is 0.243. The summed E-state index contributed by atoms with van der Waals surface area (Å²) in [6.45, 7) is 3.30. The van der Waals surface area contributed by atoms with Gasteiger partial charge in [-0.05, 0) is 31.5 Å². The van der Waals surface area contributed by atoms with Crippen molar-refractivity contribution in [3.8, 4) is 0 Å². The Morgan fingerprint density at radius 1 is 1.45 bits per heavy atom. The molecule has 1 heterocycles. The first-order valence-electron chi connectivity index (χ1n) is 7.53. The highest BCUT2D eigenvalue weighted by Gasteiger charge is 2.33. The van der Waals surface area contributed by atoms with Crippen LogP contribution in [0.4, 0.5) is 8.78 Å². The van der Waals surface area contributed by atoms with Crippen LogP contribution in [-0.4, -0.2) is 53.6 Å². The number of hydrogen-bond donors (Lipinski definition) is 1. The molecule has 2 atom stereocenters. The summed E-state index contributed by atoms with van der Waals surface area (Å²) < 4.78 is 27.3. The van der Waals surface area contributed by atoms with E-state index in [1.807, 2.05) is 11.8 Å². The van der Waals surface area contributed by atoms with Crippen LogP contribution in [0, 0.1) is 11.6 Å². The van der Waals surface area contributed by atoms with Crippen LogP contribution in [0.2, 0.25) is 0 Å². The Labute approximate surface area is 129 Å². The molecule has 1 saturated heterocycles. The Morgan fingerprint density at radius 2 is 2.18 bits per heavy atom. The zero-order valence-corrected chi connectivity index (χ0v) is 12.9. The minimum atomic E-state index is -0.591. The van der Waals surface area contributed by atoms with E-state index < -0.39 is 23.8 Å².